The van der Waals surface area contributed by atoms with Crippen LogP contribution in [0.5, 0.6) is 0 Å². The predicted octanol–water partition coefficient (Wildman–Crippen LogP) is 2.94. The summed E-state index contributed by atoms with van der Waals surface area (Å²) in [6.07, 6.45) is 1.72. The first-order valence-corrected chi connectivity index (χ1v) is 8.37. The van der Waals surface area contributed by atoms with Crippen molar-refractivity contribution in [2.24, 2.45) is 0 Å². The number of carbonyl (C=O) groups is 1. The highest BCUT2D eigenvalue weighted by molar-refractivity contribution is 6.62. The van der Waals surface area contributed by atoms with Crippen molar-refractivity contribution in [2.45, 2.75) is 45.8 Å². The SMILES string of the molecule is Cc1ccc(NC(=O)c2ccc(B3OC(C)(C)C(C)(C)O3)cc2)nc1. The summed E-state index contributed by atoms with van der Waals surface area (Å²) in [5.74, 6) is 0.336. The summed E-state index contributed by atoms with van der Waals surface area (Å²) in [5, 5.41) is 2.79. The Morgan fingerprint density at radius 2 is 1.60 bits per heavy atom. The number of carbonyl (C=O) groups excluding carboxylic acids is 1. The lowest BCUT2D eigenvalue weighted by Gasteiger charge is -2.32. The molecular formula is C19H23BN2O3. The molecule has 25 heavy (non-hydrogen) atoms. The Morgan fingerprint density at radius 1 is 1.00 bits per heavy atom. The van der Waals surface area contributed by atoms with Gasteiger partial charge in [0, 0.05) is 11.8 Å². The molecule has 5 nitrogen and oxygen atoms in total. The first kappa shape index (κ1) is 17.6. The van der Waals surface area contributed by atoms with Gasteiger partial charge in [-0.25, -0.2) is 4.98 Å². The molecule has 1 N–H and O–H groups in total. The van der Waals surface area contributed by atoms with Gasteiger partial charge < -0.3 is 14.6 Å². The van der Waals surface area contributed by atoms with Crippen molar-refractivity contribution >= 4 is 24.3 Å². The maximum Gasteiger partial charge on any atom is 0.494 e. The Morgan fingerprint density at radius 3 is 2.12 bits per heavy atom. The second kappa shape index (κ2) is 6.28. The monoisotopic (exact) mass is 338 g/mol. The van der Waals surface area contributed by atoms with Crippen molar-refractivity contribution in [1.82, 2.24) is 4.98 Å². The van der Waals surface area contributed by atoms with E-state index in [4.69, 9.17) is 9.31 Å². The molecule has 2 heterocycles. The van der Waals surface area contributed by atoms with E-state index in [9.17, 15) is 4.79 Å². The number of aryl methyl sites for hydroxylation is 1. The molecule has 0 spiro atoms. The quantitative estimate of drug-likeness (QED) is 0.874. The number of hydrogen-bond donors (Lipinski definition) is 1. The summed E-state index contributed by atoms with van der Waals surface area (Å²) in [6.45, 7) is 10.0. The fraction of sp³-hybridized carbons (Fsp3) is 0.368. The molecular weight excluding hydrogens is 315 g/mol. The van der Waals surface area contributed by atoms with E-state index in [1.807, 2.05) is 52.8 Å². The lowest BCUT2D eigenvalue weighted by molar-refractivity contribution is 0.00578. The first-order valence-electron chi connectivity index (χ1n) is 8.37. The molecule has 0 saturated carbocycles. The number of hydrogen-bond acceptors (Lipinski definition) is 4. The fourth-order valence-corrected chi connectivity index (χ4v) is 2.50. The van der Waals surface area contributed by atoms with E-state index >= 15 is 0 Å². The van der Waals surface area contributed by atoms with Crippen LogP contribution in [0.15, 0.2) is 42.6 Å². The zero-order valence-corrected chi connectivity index (χ0v) is 15.3. The van der Waals surface area contributed by atoms with Gasteiger partial charge in [-0.1, -0.05) is 18.2 Å². The third-order valence-corrected chi connectivity index (χ3v) is 4.85. The highest BCUT2D eigenvalue weighted by atomic mass is 16.7. The Balaban J connectivity index is 1.70. The van der Waals surface area contributed by atoms with Gasteiger partial charge in [-0.15, -0.1) is 0 Å². The van der Waals surface area contributed by atoms with Crippen molar-refractivity contribution in [1.29, 1.82) is 0 Å². The number of pyridine rings is 1. The van der Waals surface area contributed by atoms with Gasteiger partial charge in [0.15, 0.2) is 0 Å². The minimum absolute atomic E-state index is 0.197. The molecule has 130 valence electrons. The molecule has 0 radical (unpaired) electrons. The van der Waals surface area contributed by atoms with E-state index in [2.05, 4.69) is 10.3 Å². The van der Waals surface area contributed by atoms with E-state index in [-0.39, 0.29) is 17.1 Å². The number of nitrogens with one attached hydrogen (secondary N) is 1. The number of aromatic nitrogens is 1. The van der Waals surface area contributed by atoms with Crippen molar-refractivity contribution in [3.8, 4) is 0 Å². The molecule has 0 aliphatic carbocycles. The predicted molar refractivity (Wildman–Crippen MR) is 99.1 cm³/mol. The van der Waals surface area contributed by atoms with Crippen LogP contribution in [0.2, 0.25) is 0 Å². The van der Waals surface area contributed by atoms with Crippen molar-refractivity contribution in [3.63, 3.8) is 0 Å². The highest BCUT2D eigenvalue weighted by Gasteiger charge is 2.51. The molecule has 0 bridgehead atoms. The second-order valence-corrected chi connectivity index (χ2v) is 7.39. The Labute approximate surface area is 148 Å². The molecule has 0 atom stereocenters. The Kier molecular flexibility index (Phi) is 4.43. The summed E-state index contributed by atoms with van der Waals surface area (Å²) in [7, 11) is -0.430. The molecule has 0 unspecified atom stereocenters. The van der Waals surface area contributed by atoms with Crippen LogP contribution in [0.4, 0.5) is 5.82 Å². The third-order valence-electron chi connectivity index (χ3n) is 4.85. The Bertz CT molecular complexity index is 754. The summed E-state index contributed by atoms with van der Waals surface area (Å²) in [6, 6.07) is 10.9. The van der Waals surface area contributed by atoms with Crippen LogP contribution in [-0.4, -0.2) is 29.2 Å². The normalized spacial score (nSPS) is 18.2. The number of nitrogens with zero attached hydrogens (tertiary/aromatic N) is 1. The maximum atomic E-state index is 12.3. The van der Waals surface area contributed by atoms with Crippen LogP contribution in [0.25, 0.3) is 0 Å². The highest BCUT2D eigenvalue weighted by Crippen LogP contribution is 2.36. The molecule has 6 heteroatoms. The second-order valence-electron chi connectivity index (χ2n) is 7.39. The molecule has 1 aliphatic rings. The summed E-state index contributed by atoms with van der Waals surface area (Å²) >= 11 is 0. The van der Waals surface area contributed by atoms with Crippen LogP contribution >= 0.6 is 0 Å². The summed E-state index contributed by atoms with van der Waals surface area (Å²) in [5.41, 5.74) is 1.73. The fourth-order valence-electron chi connectivity index (χ4n) is 2.50. The molecule has 1 fully saturated rings. The molecule has 3 rings (SSSR count). The molecule has 1 aliphatic heterocycles. The summed E-state index contributed by atoms with van der Waals surface area (Å²) < 4.78 is 12.0. The Hall–Kier alpha value is -2.18. The largest absolute Gasteiger partial charge is 0.494 e. The zero-order valence-electron chi connectivity index (χ0n) is 15.3. The van der Waals surface area contributed by atoms with Gasteiger partial charge in [-0.2, -0.15) is 0 Å². The number of amides is 1. The topological polar surface area (TPSA) is 60.5 Å². The third kappa shape index (κ3) is 3.60. The van der Waals surface area contributed by atoms with Crippen molar-refractivity contribution in [3.05, 3.63) is 53.7 Å². The van der Waals surface area contributed by atoms with E-state index in [1.165, 1.54) is 0 Å². The van der Waals surface area contributed by atoms with Crippen LogP contribution in [0.3, 0.4) is 0 Å². The van der Waals surface area contributed by atoms with Crippen molar-refractivity contribution < 1.29 is 14.1 Å². The van der Waals surface area contributed by atoms with Gasteiger partial charge in [-0.05, 0) is 63.8 Å². The number of rotatable bonds is 3. The standard InChI is InChI=1S/C19H23BN2O3/c1-13-6-11-16(21-12-13)22-17(23)14-7-9-15(10-8-14)20-24-18(2,3)19(4,5)25-20/h6-12H,1-5H3,(H,21,22,23). The molecule has 1 aromatic carbocycles. The van der Waals surface area contributed by atoms with Gasteiger partial charge in [0.25, 0.3) is 5.91 Å². The van der Waals surface area contributed by atoms with E-state index in [1.54, 1.807) is 24.4 Å². The van der Waals surface area contributed by atoms with Crippen LogP contribution < -0.4 is 10.8 Å². The number of benzene rings is 1. The average Bonchev–Trinajstić information content (AvgIpc) is 2.78. The smallest absolute Gasteiger partial charge is 0.399 e. The average molecular weight is 338 g/mol. The van der Waals surface area contributed by atoms with Crippen LogP contribution in [-0.2, 0) is 9.31 Å². The van der Waals surface area contributed by atoms with E-state index < -0.39 is 7.12 Å². The van der Waals surface area contributed by atoms with Crippen molar-refractivity contribution in [2.75, 3.05) is 5.32 Å². The minimum Gasteiger partial charge on any atom is -0.399 e. The zero-order chi connectivity index (χ0) is 18.2. The molecule has 1 amide bonds. The maximum absolute atomic E-state index is 12.3. The molecule has 2 aromatic rings. The lowest BCUT2D eigenvalue weighted by atomic mass is 9.79. The van der Waals surface area contributed by atoms with Gasteiger partial charge in [0.2, 0.25) is 0 Å². The van der Waals surface area contributed by atoms with E-state index in [0.29, 0.717) is 11.4 Å². The van der Waals surface area contributed by atoms with Crippen LogP contribution in [0.1, 0.15) is 43.6 Å². The van der Waals surface area contributed by atoms with E-state index in [0.717, 1.165) is 11.0 Å². The number of anilines is 1. The van der Waals surface area contributed by atoms with Gasteiger partial charge in [0.05, 0.1) is 11.2 Å². The van der Waals surface area contributed by atoms with Gasteiger partial charge >= 0.3 is 7.12 Å². The first-order chi connectivity index (χ1) is 11.7. The molecule has 1 saturated heterocycles. The van der Waals surface area contributed by atoms with Crippen LogP contribution in [0, 0.1) is 6.92 Å². The lowest BCUT2D eigenvalue weighted by Crippen LogP contribution is -2.41. The minimum atomic E-state index is -0.430. The summed E-state index contributed by atoms with van der Waals surface area (Å²) in [4.78, 5) is 16.5. The van der Waals surface area contributed by atoms with Gasteiger partial charge in [-0.3, -0.25) is 4.79 Å². The molecule has 1 aromatic heterocycles. The van der Waals surface area contributed by atoms with Gasteiger partial charge in [0.1, 0.15) is 5.82 Å².